The van der Waals surface area contributed by atoms with Crippen molar-refractivity contribution >= 4 is 15.8 Å². The monoisotopic (exact) mass is 356 g/mol. The second-order valence-electron chi connectivity index (χ2n) is 6.08. The zero-order chi connectivity index (χ0) is 17.6. The third-order valence-corrected chi connectivity index (χ3v) is 6.42. The van der Waals surface area contributed by atoms with Gasteiger partial charge in [0.15, 0.2) is 11.9 Å². The van der Waals surface area contributed by atoms with Gasteiger partial charge in [0.2, 0.25) is 9.84 Å². The predicted octanol–water partition coefficient (Wildman–Crippen LogP) is 3.18. The Bertz CT molecular complexity index is 976. The molecule has 6 heteroatoms. The second-order valence-corrected chi connectivity index (χ2v) is 8.06. The molecule has 1 aliphatic heterocycles. The van der Waals surface area contributed by atoms with Crippen LogP contribution in [0.5, 0.6) is 5.75 Å². The fraction of sp³-hybridized carbons (Fsp3) is 0.211. The lowest BCUT2D eigenvalue weighted by molar-refractivity contribution is -0.138. The van der Waals surface area contributed by atoms with Crippen LogP contribution in [0, 0.1) is 0 Å². The number of hydrogen-bond acceptors (Lipinski definition) is 5. The summed E-state index contributed by atoms with van der Waals surface area (Å²) in [5, 5.41) is 0. The molecule has 25 heavy (non-hydrogen) atoms. The van der Waals surface area contributed by atoms with Gasteiger partial charge in [-0.2, -0.15) is 0 Å². The molecule has 0 saturated heterocycles. The zero-order valence-corrected chi connectivity index (χ0v) is 14.3. The van der Waals surface area contributed by atoms with Gasteiger partial charge in [0.05, 0.1) is 9.80 Å². The minimum atomic E-state index is -3.76. The summed E-state index contributed by atoms with van der Waals surface area (Å²) in [4.78, 5) is 11.9. The Labute approximate surface area is 145 Å². The highest BCUT2D eigenvalue weighted by atomic mass is 32.2. The maximum Gasteiger partial charge on any atom is 0.307 e. The Morgan fingerprint density at radius 3 is 2.48 bits per heavy atom. The molecule has 0 radical (unpaired) electrons. The van der Waals surface area contributed by atoms with Gasteiger partial charge in [-0.15, -0.1) is 0 Å². The highest BCUT2D eigenvalue weighted by Crippen LogP contribution is 2.51. The van der Waals surface area contributed by atoms with Gasteiger partial charge in [-0.05, 0) is 24.6 Å². The first kappa shape index (κ1) is 15.9. The number of ether oxygens (including phenoxy) is 2. The number of allylic oxidation sites excluding steroid dienone is 1. The topological polar surface area (TPSA) is 69.7 Å². The van der Waals surface area contributed by atoms with Gasteiger partial charge in [-0.1, -0.05) is 36.4 Å². The molecule has 2 aromatic carbocycles. The Balaban J connectivity index is 1.82. The van der Waals surface area contributed by atoms with Crippen LogP contribution >= 0.6 is 0 Å². The first-order chi connectivity index (χ1) is 12.0. The summed E-state index contributed by atoms with van der Waals surface area (Å²) in [6.45, 7) is 1.26. The van der Waals surface area contributed by atoms with Crippen molar-refractivity contribution in [2.24, 2.45) is 0 Å². The van der Waals surface area contributed by atoms with Crippen LogP contribution in [0.1, 0.15) is 24.8 Å². The quantitative estimate of drug-likeness (QED) is 0.790. The number of para-hydroxylation sites is 1. The van der Waals surface area contributed by atoms with E-state index in [2.05, 4.69) is 0 Å². The van der Waals surface area contributed by atoms with Crippen molar-refractivity contribution < 1.29 is 22.7 Å². The Kier molecular flexibility index (Phi) is 3.65. The Morgan fingerprint density at radius 1 is 1.08 bits per heavy atom. The van der Waals surface area contributed by atoms with Crippen LogP contribution < -0.4 is 4.74 Å². The molecule has 4 rings (SSSR count). The van der Waals surface area contributed by atoms with Crippen molar-refractivity contribution in [2.45, 2.75) is 30.3 Å². The van der Waals surface area contributed by atoms with Gasteiger partial charge in [-0.25, -0.2) is 8.42 Å². The Morgan fingerprint density at radius 2 is 1.76 bits per heavy atom. The van der Waals surface area contributed by atoms with E-state index in [-0.39, 0.29) is 27.9 Å². The number of carbonyl (C=O) groups is 1. The summed E-state index contributed by atoms with van der Waals surface area (Å²) in [6, 6.07) is 15.7. The molecular weight excluding hydrogens is 340 g/mol. The predicted molar refractivity (Wildman–Crippen MR) is 90.6 cm³/mol. The first-order valence-electron chi connectivity index (χ1n) is 7.95. The highest BCUT2D eigenvalue weighted by Gasteiger charge is 2.49. The lowest BCUT2D eigenvalue weighted by atomic mass is 9.97. The number of benzene rings is 2. The van der Waals surface area contributed by atoms with E-state index in [9.17, 15) is 13.2 Å². The fourth-order valence-electron chi connectivity index (χ4n) is 3.44. The van der Waals surface area contributed by atoms with Crippen LogP contribution in [-0.2, 0) is 19.4 Å². The average Bonchev–Trinajstić information content (AvgIpc) is 3.13. The van der Waals surface area contributed by atoms with Crippen molar-refractivity contribution in [2.75, 3.05) is 0 Å². The van der Waals surface area contributed by atoms with Crippen LogP contribution in [0.15, 0.2) is 70.2 Å². The molecule has 0 saturated carbocycles. The lowest BCUT2D eigenvalue weighted by Gasteiger charge is -2.14. The number of hydrogen-bond donors (Lipinski definition) is 0. The van der Waals surface area contributed by atoms with Gasteiger partial charge < -0.3 is 9.47 Å². The third kappa shape index (κ3) is 2.53. The molecule has 1 heterocycles. The highest BCUT2D eigenvalue weighted by molar-refractivity contribution is 7.95. The van der Waals surface area contributed by atoms with Crippen LogP contribution in [-0.4, -0.2) is 20.5 Å². The molecule has 0 fully saturated rings. The molecule has 1 aliphatic carbocycles. The maximum absolute atomic E-state index is 13.1. The van der Waals surface area contributed by atoms with Gasteiger partial charge >= 0.3 is 5.97 Å². The van der Waals surface area contributed by atoms with Crippen molar-refractivity contribution in [3.8, 4) is 5.75 Å². The van der Waals surface area contributed by atoms with E-state index < -0.39 is 21.9 Å². The molecule has 2 aromatic rings. The normalized spacial score (nSPS) is 21.5. The molecule has 0 unspecified atom stereocenters. The number of fused-ring (bicyclic) bond motifs is 3. The Hall–Kier alpha value is -2.60. The summed E-state index contributed by atoms with van der Waals surface area (Å²) in [5.74, 6) is 0.0888. The lowest BCUT2D eigenvalue weighted by Crippen LogP contribution is -2.20. The number of sulfone groups is 1. The smallest absolute Gasteiger partial charge is 0.307 e. The summed E-state index contributed by atoms with van der Waals surface area (Å²) in [5.41, 5.74) is 0.940. The molecule has 0 spiro atoms. The number of esters is 1. The molecule has 2 aliphatic rings. The molecule has 0 aromatic heterocycles. The van der Waals surface area contributed by atoms with Gasteiger partial charge in [0.25, 0.3) is 0 Å². The van der Waals surface area contributed by atoms with Gasteiger partial charge in [-0.3, -0.25) is 4.79 Å². The van der Waals surface area contributed by atoms with Crippen LogP contribution in [0.25, 0.3) is 0 Å². The zero-order valence-electron chi connectivity index (χ0n) is 13.5. The largest absolute Gasteiger partial charge is 0.481 e. The summed E-state index contributed by atoms with van der Waals surface area (Å²) >= 11 is 0. The molecule has 2 atom stereocenters. The summed E-state index contributed by atoms with van der Waals surface area (Å²) < 4.78 is 37.3. The van der Waals surface area contributed by atoms with E-state index >= 15 is 0 Å². The summed E-state index contributed by atoms with van der Waals surface area (Å²) in [7, 11) is -3.76. The average molecular weight is 356 g/mol. The van der Waals surface area contributed by atoms with E-state index in [1.165, 1.54) is 19.1 Å². The third-order valence-electron chi connectivity index (χ3n) is 4.51. The minimum absolute atomic E-state index is 0.109. The molecule has 0 bridgehead atoms. The molecule has 0 amide bonds. The van der Waals surface area contributed by atoms with Crippen molar-refractivity contribution in [3.63, 3.8) is 0 Å². The van der Waals surface area contributed by atoms with E-state index in [0.717, 1.165) is 5.56 Å². The van der Waals surface area contributed by atoms with Crippen molar-refractivity contribution in [1.29, 1.82) is 0 Å². The first-order valence-corrected chi connectivity index (χ1v) is 9.44. The van der Waals surface area contributed by atoms with Crippen molar-refractivity contribution in [3.05, 3.63) is 70.8 Å². The van der Waals surface area contributed by atoms with E-state index in [4.69, 9.17) is 9.47 Å². The fourth-order valence-corrected chi connectivity index (χ4v) is 5.06. The maximum atomic E-state index is 13.1. The molecule has 128 valence electrons. The summed E-state index contributed by atoms with van der Waals surface area (Å²) in [6.07, 6.45) is -0.337. The molecule has 0 N–H and O–H groups in total. The van der Waals surface area contributed by atoms with Gasteiger partial charge in [0.1, 0.15) is 5.75 Å². The van der Waals surface area contributed by atoms with E-state index in [1.807, 2.05) is 24.3 Å². The van der Waals surface area contributed by atoms with E-state index in [1.54, 1.807) is 18.2 Å². The number of rotatable bonds is 3. The molecule has 5 nitrogen and oxygen atoms in total. The van der Waals surface area contributed by atoms with Crippen molar-refractivity contribution in [1.82, 2.24) is 0 Å². The van der Waals surface area contributed by atoms with Gasteiger partial charge in [0, 0.05) is 18.4 Å². The number of carbonyl (C=O) groups excluding carboxylic acids is 1. The van der Waals surface area contributed by atoms with Crippen LogP contribution in [0.4, 0.5) is 0 Å². The standard InChI is InChI=1S/C19H16O5S/c1-12(20)23-19-17(25(21,22)13-7-3-2-4-8-13)11-15-14-9-5-6-10-16(14)24-18(15)19/h2-10,15,18H,11H2,1H3/t15-,18+/m1/s1. The minimum Gasteiger partial charge on any atom is -0.481 e. The van der Waals surface area contributed by atoms with Crippen LogP contribution in [0.2, 0.25) is 0 Å². The van der Waals surface area contributed by atoms with Crippen LogP contribution in [0.3, 0.4) is 0 Å². The molecular formula is C19H16O5S. The van der Waals surface area contributed by atoms with E-state index in [0.29, 0.717) is 5.75 Å². The second kappa shape index (κ2) is 5.74. The SMILES string of the molecule is CC(=O)OC1=C(S(=O)(=O)c2ccccc2)C[C@@H]2c3ccccc3O[C@H]12.